The molecule has 2 unspecified atom stereocenters. The van der Waals surface area contributed by atoms with E-state index in [1.807, 2.05) is 0 Å². The van der Waals surface area contributed by atoms with Crippen molar-refractivity contribution in [3.05, 3.63) is 0 Å². The number of amides is 1. The minimum Gasteiger partial charge on any atom is -0.481 e. The van der Waals surface area contributed by atoms with Crippen molar-refractivity contribution in [1.82, 2.24) is 10.6 Å². The van der Waals surface area contributed by atoms with Crippen LogP contribution in [0.5, 0.6) is 0 Å². The van der Waals surface area contributed by atoms with Gasteiger partial charge in [0.2, 0.25) is 5.91 Å². The molecule has 1 heterocycles. The summed E-state index contributed by atoms with van der Waals surface area (Å²) >= 11 is 0. The van der Waals surface area contributed by atoms with Crippen molar-refractivity contribution in [2.24, 2.45) is 5.92 Å². The van der Waals surface area contributed by atoms with Crippen LogP contribution in [0.15, 0.2) is 0 Å². The highest BCUT2D eigenvalue weighted by molar-refractivity contribution is 5.82. The monoisotopic (exact) mass is 256 g/mol. The van der Waals surface area contributed by atoms with E-state index < -0.39 is 11.5 Å². The lowest BCUT2D eigenvalue weighted by Gasteiger charge is -2.42. The van der Waals surface area contributed by atoms with Gasteiger partial charge in [-0.3, -0.25) is 9.59 Å². The smallest absolute Gasteiger partial charge is 0.305 e. The summed E-state index contributed by atoms with van der Waals surface area (Å²) in [5, 5.41) is 14.9. The molecule has 0 aromatic carbocycles. The van der Waals surface area contributed by atoms with Crippen molar-refractivity contribution in [1.29, 1.82) is 0 Å². The van der Waals surface area contributed by atoms with Gasteiger partial charge in [-0.2, -0.15) is 0 Å². The topological polar surface area (TPSA) is 87.7 Å². The van der Waals surface area contributed by atoms with Gasteiger partial charge < -0.3 is 20.5 Å². The maximum absolute atomic E-state index is 12.2. The van der Waals surface area contributed by atoms with E-state index in [-0.39, 0.29) is 24.3 Å². The van der Waals surface area contributed by atoms with Gasteiger partial charge in [0, 0.05) is 6.04 Å². The van der Waals surface area contributed by atoms with Gasteiger partial charge in [0.1, 0.15) is 0 Å². The molecule has 6 heteroatoms. The quantitative estimate of drug-likeness (QED) is 0.630. The van der Waals surface area contributed by atoms with Crippen LogP contribution in [0.25, 0.3) is 0 Å². The number of nitrogens with one attached hydrogen (secondary N) is 2. The number of rotatable bonds is 5. The zero-order valence-electron chi connectivity index (χ0n) is 10.6. The lowest BCUT2D eigenvalue weighted by atomic mass is 9.74. The average molecular weight is 256 g/mol. The predicted molar refractivity (Wildman–Crippen MR) is 64.1 cm³/mol. The number of carboxylic acids is 1. The molecule has 102 valence electrons. The molecule has 2 atom stereocenters. The van der Waals surface area contributed by atoms with Crippen molar-refractivity contribution in [2.45, 2.75) is 37.3 Å². The highest BCUT2D eigenvalue weighted by atomic mass is 16.5. The molecule has 0 aromatic heterocycles. The zero-order valence-corrected chi connectivity index (χ0v) is 10.6. The number of aliphatic carboxylic acids is 1. The third-order valence-electron chi connectivity index (χ3n) is 3.98. The highest BCUT2D eigenvalue weighted by Crippen LogP contribution is 2.35. The van der Waals surface area contributed by atoms with E-state index in [1.165, 1.54) is 0 Å². The summed E-state index contributed by atoms with van der Waals surface area (Å²) in [5.74, 6) is -1.17. The van der Waals surface area contributed by atoms with Crippen LogP contribution in [0, 0.1) is 5.92 Å². The first-order valence-electron chi connectivity index (χ1n) is 6.35. The van der Waals surface area contributed by atoms with Gasteiger partial charge in [-0.25, -0.2) is 0 Å². The number of hydrogen-bond acceptors (Lipinski definition) is 4. The number of ether oxygens (including phenoxy) is 1. The van der Waals surface area contributed by atoms with Crippen molar-refractivity contribution in [3.63, 3.8) is 0 Å². The zero-order chi connectivity index (χ0) is 13.2. The standard InChI is InChI=1S/C12H20N2O4/c1-13-9-7-18-6-8(9)11(17)14-12(3-2-4-12)5-10(15)16/h8-9,13H,2-7H2,1H3,(H,14,17)(H,15,16). The summed E-state index contributed by atoms with van der Waals surface area (Å²) < 4.78 is 5.29. The van der Waals surface area contributed by atoms with Crippen molar-refractivity contribution < 1.29 is 19.4 Å². The lowest BCUT2D eigenvalue weighted by molar-refractivity contribution is -0.140. The molecule has 0 aromatic rings. The van der Waals surface area contributed by atoms with Crippen LogP contribution in [0.2, 0.25) is 0 Å². The van der Waals surface area contributed by atoms with Gasteiger partial charge >= 0.3 is 5.97 Å². The summed E-state index contributed by atoms with van der Waals surface area (Å²) in [4.78, 5) is 23.0. The Bertz CT molecular complexity index is 341. The molecule has 2 rings (SSSR count). The van der Waals surface area contributed by atoms with Gasteiger partial charge in [-0.15, -0.1) is 0 Å². The van der Waals surface area contributed by atoms with Gasteiger partial charge in [0.05, 0.1) is 31.1 Å². The van der Waals surface area contributed by atoms with Crippen LogP contribution in [0.1, 0.15) is 25.7 Å². The van der Waals surface area contributed by atoms with Crippen LogP contribution < -0.4 is 10.6 Å². The van der Waals surface area contributed by atoms with E-state index in [1.54, 1.807) is 7.05 Å². The van der Waals surface area contributed by atoms with E-state index >= 15 is 0 Å². The number of carboxylic acid groups (broad SMARTS) is 1. The molecular weight excluding hydrogens is 236 g/mol. The first-order valence-corrected chi connectivity index (χ1v) is 6.35. The Morgan fingerprint density at radius 3 is 2.61 bits per heavy atom. The van der Waals surface area contributed by atoms with Crippen molar-refractivity contribution in [2.75, 3.05) is 20.3 Å². The lowest BCUT2D eigenvalue weighted by Crippen LogP contribution is -2.57. The van der Waals surface area contributed by atoms with Gasteiger partial charge in [-0.1, -0.05) is 0 Å². The van der Waals surface area contributed by atoms with E-state index in [2.05, 4.69) is 10.6 Å². The molecule has 0 radical (unpaired) electrons. The molecule has 2 aliphatic rings. The molecule has 1 amide bonds. The maximum Gasteiger partial charge on any atom is 0.305 e. The second-order valence-corrected chi connectivity index (χ2v) is 5.23. The summed E-state index contributed by atoms with van der Waals surface area (Å²) in [5.41, 5.74) is -0.524. The van der Waals surface area contributed by atoms with E-state index in [9.17, 15) is 9.59 Å². The molecule has 1 saturated heterocycles. The second-order valence-electron chi connectivity index (χ2n) is 5.23. The third-order valence-corrected chi connectivity index (χ3v) is 3.98. The molecule has 3 N–H and O–H groups in total. The van der Waals surface area contributed by atoms with Gasteiger partial charge in [-0.05, 0) is 26.3 Å². The SMILES string of the molecule is CNC1COCC1C(=O)NC1(CC(=O)O)CCC1. The summed E-state index contributed by atoms with van der Waals surface area (Å²) in [7, 11) is 1.80. The fourth-order valence-electron chi connectivity index (χ4n) is 2.69. The predicted octanol–water partition coefficient (Wildman–Crippen LogP) is -0.266. The summed E-state index contributed by atoms with van der Waals surface area (Å²) in [6, 6.07) is 0.0203. The molecule has 0 bridgehead atoms. The Morgan fingerprint density at radius 2 is 2.11 bits per heavy atom. The first-order chi connectivity index (χ1) is 8.56. The van der Waals surface area contributed by atoms with E-state index in [0.29, 0.717) is 13.2 Å². The van der Waals surface area contributed by atoms with Crippen LogP contribution in [0.3, 0.4) is 0 Å². The third kappa shape index (κ3) is 2.64. The number of carbonyl (C=O) groups is 2. The first kappa shape index (κ1) is 13.3. The van der Waals surface area contributed by atoms with Crippen LogP contribution in [-0.2, 0) is 14.3 Å². The molecule has 2 fully saturated rings. The Hall–Kier alpha value is -1.14. The number of likely N-dealkylation sites (N-methyl/N-ethyl adjacent to an activating group) is 1. The van der Waals surface area contributed by atoms with Crippen LogP contribution >= 0.6 is 0 Å². The maximum atomic E-state index is 12.2. The van der Waals surface area contributed by atoms with E-state index in [4.69, 9.17) is 9.84 Å². The van der Waals surface area contributed by atoms with E-state index in [0.717, 1.165) is 19.3 Å². The summed E-state index contributed by atoms with van der Waals surface area (Å²) in [6.45, 7) is 0.932. The highest BCUT2D eigenvalue weighted by Gasteiger charge is 2.43. The molecular formula is C12H20N2O4. The molecule has 1 aliphatic carbocycles. The van der Waals surface area contributed by atoms with Crippen molar-refractivity contribution >= 4 is 11.9 Å². The summed E-state index contributed by atoms with van der Waals surface area (Å²) in [6.07, 6.45) is 2.49. The molecule has 18 heavy (non-hydrogen) atoms. The Morgan fingerprint density at radius 1 is 1.39 bits per heavy atom. The number of carbonyl (C=O) groups excluding carboxylic acids is 1. The Labute approximate surface area is 106 Å². The van der Waals surface area contributed by atoms with Crippen LogP contribution in [-0.4, -0.2) is 48.8 Å². The second kappa shape index (κ2) is 5.24. The molecule has 1 aliphatic heterocycles. The fourth-order valence-corrected chi connectivity index (χ4v) is 2.69. The fraction of sp³-hybridized carbons (Fsp3) is 0.833. The minimum absolute atomic E-state index is 0.0105. The average Bonchev–Trinajstić information content (AvgIpc) is 2.73. The van der Waals surface area contributed by atoms with Gasteiger partial charge in [0.25, 0.3) is 0 Å². The minimum atomic E-state index is -0.858. The van der Waals surface area contributed by atoms with Crippen LogP contribution in [0.4, 0.5) is 0 Å². The van der Waals surface area contributed by atoms with Gasteiger partial charge in [0.15, 0.2) is 0 Å². The molecule has 1 saturated carbocycles. The Kier molecular flexibility index (Phi) is 3.87. The Balaban J connectivity index is 1.95. The molecule has 6 nitrogen and oxygen atoms in total. The normalized spacial score (nSPS) is 29.6. The molecule has 0 spiro atoms. The number of hydrogen-bond donors (Lipinski definition) is 3. The van der Waals surface area contributed by atoms with Crippen molar-refractivity contribution in [3.8, 4) is 0 Å². The largest absolute Gasteiger partial charge is 0.481 e.